The smallest absolute Gasteiger partial charge is 0.0456 e. The third-order valence-electron chi connectivity index (χ3n) is 6.05. The lowest BCUT2D eigenvalue weighted by Crippen LogP contribution is -2.35. The zero-order chi connectivity index (χ0) is 16.2. The fourth-order valence-corrected chi connectivity index (χ4v) is 4.72. The van der Waals surface area contributed by atoms with Crippen LogP contribution in [-0.4, -0.2) is 42.6 Å². The van der Waals surface area contributed by atoms with Gasteiger partial charge in [-0.15, -0.1) is 12.4 Å². The third-order valence-corrected chi connectivity index (χ3v) is 6.05. The molecule has 1 aromatic carbocycles. The Labute approximate surface area is 158 Å². The van der Waals surface area contributed by atoms with Crippen molar-refractivity contribution in [2.24, 2.45) is 5.92 Å². The SMILES string of the molecule is Cl.c1ccc2c(C3CCCN(CCCC4CCCNC4)C3)c[nH]c2c1. The summed E-state index contributed by atoms with van der Waals surface area (Å²) in [5.74, 6) is 1.62. The molecule has 2 atom stereocenters. The van der Waals surface area contributed by atoms with Crippen LogP contribution >= 0.6 is 12.4 Å². The van der Waals surface area contributed by atoms with Crippen molar-refractivity contribution in [3.05, 3.63) is 36.0 Å². The molecule has 4 rings (SSSR count). The summed E-state index contributed by atoms with van der Waals surface area (Å²) >= 11 is 0. The number of piperidine rings is 2. The predicted molar refractivity (Wildman–Crippen MR) is 109 cm³/mol. The molecule has 0 aliphatic carbocycles. The predicted octanol–water partition coefficient (Wildman–Crippen LogP) is 4.55. The number of hydrogen-bond donors (Lipinski definition) is 2. The summed E-state index contributed by atoms with van der Waals surface area (Å²) in [6, 6.07) is 8.75. The molecule has 2 aliphatic heterocycles. The molecular weight excluding hydrogens is 330 g/mol. The third kappa shape index (κ3) is 4.58. The van der Waals surface area contributed by atoms with Crippen molar-refractivity contribution < 1.29 is 0 Å². The number of nitrogens with one attached hydrogen (secondary N) is 2. The van der Waals surface area contributed by atoms with E-state index in [0.717, 1.165) is 5.92 Å². The molecule has 4 heteroatoms. The highest BCUT2D eigenvalue weighted by atomic mass is 35.5. The number of benzene rings is 1. The number of para-hydroxylation sites is 1. The molecular formula is C21H32ClN3. The summed E-state index contributed by atoms with van der Waals surface area (Å²) in [6.07, 6.45) is 10.5. The van der Waals surface area contributed by atoms with Crippen LogP contribution in [0.1, 0.15) is 50.0 Å². The lowest BCUT2D eigenvalue weighted by molar-refractivity contribution is 0.198. The van der Waals surface area contributed by atoms with Crippen molar-refractivity contribution in [3.63, 3.8) is 0 Å². The Balaban J connectivity index is 0.00000182. The second-order valence-electron chi connectivity index (χ2n) is 7.78. The van der Waals surface area contributed by atoms with Crippen LogP contribution in [0.5, 0.6) is 0 Å². The monoisotopic (exact) mass is 361 g/mol. The quantitative estimate of drug-likeness (QED) is 0.818. The van der Waals surface area contributed by atoms with E-state index in [9.17, 15) is 0 Å². The van der Waals surface area contributed by atoms with Crippen LogP contribution in [0.2, 0.25) is 0 Å². The fraction of sp³-hybridized carbons (Fsp3) is 0.619. The van der Waals surface area contributed by atoms with Crippen molar-refractivity contribution in [3.8, 4) is 0 Å². The standard InChI is InChI=1S/C21H31N3.ClH/c1-2-10-21-19(9-1)20(15-23-21)18-8-5-13-24(16-18)12-4-7-17-6-3-11-22-14-17;/h1-2,9-10,15,17-18,22-23H,3-8,11-14,16H2;1H. The minimum absolute atomic E-state index is 0. The van der Waals surface area contributed by atoms with E-state index in [-0.39, 0.29) is 12.4 Å². The molecule has 0 amide bonds. The molecule has 25 heavy (non-hydrogen) atoms. The summed E-state index contributed by atoms with van der Waals surface area (Å²) < 4.78 is 0. The Morgan fingerprint density at radius 2 is 2.04 bits per heavy atom. The van der Waals surface area contributed by atoms with E-state index in [1.807, 2.05) is 0 Å². The molecule has 0 saturated carbocycles. The van der Waals surface area contributed by atoms with Gasteiger partial charge in [-0.1, -0.05) is 18.2 Å². The van der Waals surface area contributed by atoms with Gasteiger partial charge in [-0.05, 0) is 88.2 Å². The Morgan fingerprint density at radius 3 is 2.92 bits per heavy atom. The molecule has 0 spiro atoms. The Bertz CT molecular complexity index is 647. The van der Waals surface area contributed by atoms with Gasteiger partial charge in [0.15, 0.2) is 0 Å². The van der Waals surface area contributed by atoms with Gasteiger partial charge in [0, 0.05) is 23.6 Å². The highest BCUT2D eigenvalue weighted by molar-refractivity contribution is 5.85. The van der Waals surface area contributed by atoms with Crippen LogP contribution in [-0.2, 0) is 0 Å². The Hall–Kier alpha value is -1.03. The van der Waals surface area contributed by atoms with Gasteiger partial charge in [0.1, 0.15) is 0 Å². The van der Waals surface area contributed by atoms with Crippen molar-refractivity contribution in [1.82, 2.24) is 15.2 Å². The number of H-pyrrole nitrogens is 1. The van der Waals surface area contributed by atoms with Crippen LogP contribution < -0.4 is 5.32 Å². The van der Waals surface area contributed by atoms with E-state index in [1.165, 1.54) is 87.7 Å². The molecule has 0 bridgehead atoms. The number of hydrogen-bond acceptors (Lipinski definition) is 2. The van der Waals surface area contributed by atoms with Gasteiger partial charge in [-0.2, -0.15) is 0 Å². The molecule has 2 unspecified atom stereocenters. The van der Waals surface area contributed by atoms with E-state index < -0.39 is 0 Å². The summed E-state index contributed by atoms with van der Waals surface area (Å²) in [6.45, 7) is 6.30. The van der Waals surface area contributed by atoms with Crippen molar-refractivity contribution in [1.29, 1.82) is 0 Å². The van der Waals surface area contributed by atoms with Gasteiger partial charge < -0.3 is 15.2 Å². The summed E-state index contributed by atoms with van der Waals surface area (Å²) in [5.41, 5.74) is 2.82. The first-order chi connectivity index (χ1) is 11.9. The van der Waals surface area contributed by atoms with Crippen LogP contribution in [0, 0.1) is 5.92 Å². The van der Waals surface area contributed by atoms with Gasteiger partial charge in [-0.25, -0.2) is 0 Å². The van der Waals surface area contributed by atoms with E-state index in [4.69, 9.17) is 0 Å². The summed E-state index contributed by atoms with van der Waals surface area (Å²) in [5, 5.41) is 4.98. The maximum absolute atomic E-state index is 3.55. The second kappa shape index (κ2) is 9.07. The van der Waals surface area contributed by atoms with E-state index in [1.54, 1.807) is 0 Å². The van der Waals surface area contributed by atoms with Gasteiger partial charge in [0.05, 0.1) is 0 Å². The molecule has 3 heterocycles. The van der Waals surface area contributed by atoms with E-state index >= 15 is 0 Å². The van der Waals surface area contributed by atoms with Crippen molar-refractivity contribution >= 4 is 23.3 Å². The molecule has 2 aliphatic rings. The van der Waals surface area contributed by atoms with Crippen LogP contribution in [0.15, 0.2) is 30.5 Å². The zero-order valence-electron chi connectivity index (χ0n) is 15.2. The van der Waals surface area contributed by atoms with Crippen LogP contribution in [0.25, 0.3) is 10.9 Å². The lowest BCUT2D eigenvalue weighted by atomic mass is 9.90. The molecule has 2 saturated heterocycles. The van der Waals surface area contributed by atoms with Gasteiger partial charge in [0.2, 0.25) is 0 Å². The maximum atomic E-state index is 3.55. The molecule has 0 radical (unpaired) electrons. The number of aromatic amines is 1. The van der Waals surface area contributed by atoms with Crippen LogP contribution in [0.4, 0.5) is 0 Å². The summed E-state index contributed by atoms with van der Waals surface area (Å²) in [4.78, 5) is 6.18. The fourth-order valence-electron chi connectivity index (χ4n) is 4.72. The lowest BCUT2D eigenvalue weighted by Gasteiger charge is -2.33. The second-order valence-corrected chi connectivity index (χ2v) is 7.78. The van der Waals surface area contributed by atoms with Crippen molar-refractivity contribution in [2.45, 2.75) is 44.4 Å². The first kappa shape index (κ1) is 18.8. The van der Waals surface area contributed by atoms with Crippen molar-refractivity contribution in [2.75, 3.05) is 32.7 Å². The highest BCUT2D eigenvalue weighted by Crippen LogP contribution is 2.32. The average Bonchev–Trinajstić information content (AvgIpc) is 3.07. The summed E-state index contributed by atoms with van der Waals surface area (Å²) in [7, 11) is 0. The molecule has 138 valence electrons. The minimum Gasteiger partial charge on any atom is -0.361 e. The Morgan fingerprint density at radius 1 is 1.12 bits per heavy atom. The van der Waals surface area contributed by atoms with Crippen LogP contribution in [0.3, 0.4) is 0 Å². The first-order valence-corrected chi connectivity index (χ1v) is 9.89. The average molecular weight is 362 g/mol. The van der Waals surface area contributed by atoms with Gasteiger partial charge >= 0.3 is 0 Å². The Kier molecular flexibility index (Phi) is 6.80. The molecule has 3 nitrogen and oxygen atoms in total. The molecule has 2 aromatic rings. The zero-order valence-corrected chi connectivity index (χ0v) is 16.0. The van der Waals surface area contributed by atoms with E-state index in [0.29, 0.717) is 5.92 Å². The number of rotatable bonds is 5. The topological polar surface area (TPSA) is 31.1 Å². The molecule has 1 aromatic heterocycles. The van der Waals surface area contributed by atoms with E-state index in [2.05, 4.69) is 45.7 Å². The number of fused-ring (bicyclic) bond motifs is 1. The molecule has 2 fully saturated rings. The minimum atomic E-state index is 0. The first-order valence-electron chi connectivity index (χ1n) is 9.89. The largest absolute Gasteiger partial charge is 0.361 e. The van der Waals surface area contributed by atoms with Gasteiger partial charge in [0.25, 0.3) is 0 Å². The number of likely N-dealkylation sites (tertiary alicyclic amines) is 1. The molecule has 2 N–H and O–H groups in total. The highest BCUT2D eigenvalue weighted by Gasteiger charge is 2.23. The normalized spacial score (nSPS) is 25.0. The maximum Gasteiger partial charge on any atom is 0.0456 e. The number of nitrogens with zero attached hydrogens (tertiary/aromatic N) is 1. The number of aromatic nitrogens is 1. The van der Waals surface area contributed by atoms with Gasteiger partial charge in [-0.3, -0.25) is 0 Å². The number of halogens is 1.